The molecule has 1 atom stereocenters. The fraction of sp³-hybridized carbons (Fsp3) is 1.00. The van der Waals surface area contributed by atoms with E-state index in [1.54, 1.807) is 0 Å². The van der Waals surface area contributed by atoms with Crippen LogP contribution in [0.4, 0.5) is 0 Å². The van der Waals surface area contributed by atoms with Gasteiger partial charge in [0.05, 0.1) is 0 Å². The van der Waals surface area contributed by atoms with Gasteiger partial charge in [-0.2, -0.15) is 0 Å². The van der Waals surface area contributed by atoms with Crippen molar-refractivity contribution in [2.75, 3.05) is 39.3 Å². The normalized spacial score (nSPS) is 28.2. The minimum atomic E-state index is 0.351. The van der Waals surface area contributed by atoms with Crippen LogP contribution in [0.3, 0.4) is 0 Å². The average Bonchev–Trinajstić information content (AvgIpc) is 2.68. The minimum Gasteiger partial charge on any atom is -0.396 e. The third-order valence-corrected chi connectivity index (χ3v) is 4.52. The van der Waals surface area contributed by atoms with Gasteiger partial charge in [0.1, 0.15) is 0 Å². The van der Waals surface area contributed by atoms with Crippen molar-refractivity contribution in [2.45, 2.75) is 57.4 Å². The molecule has 2 aliphatic heterocycles. The van der Waals surface area contributed by atoms with E-state index < -0.39 is 0 Å². The lowest BCUT2D eigenvalue weighted by Crippen LogP contribution is -2.48. The molecule has 3 heteroatoms. The molecular weight excluding hydrogens is 224 g/mol. The van der Waals surface area contributed by atoms with E-state index >= 15 is 0 Å². The number of piperidine rings is 1. The Kier molecular flexibility index (Phi) is 6.46. The molecule has 3 nitrogen and oxygen atoms in total. The molecule has 2 saturated heterocycles. The van der Waals surface area contributed by atoms with Crippen LogP contribution in [0, 0.1) is 0 Å². The van der Waals surface area contributed by atoms with E-state index in [4.69, 9.17) is 5.11 Å². The number of aliphatic hydroxyl groups excluding tert-OH is 1. The van der Waals surface area contributed by atoms with Crippen molar-refractivity contribution < 1.29 is 5.11 Å². The van der Waals surface area contributed by atoms with Crippen LogP contribution in [0.1, 0.15) is 51.4 Å². The lowest BCUT2D eigenvalue weighted by atomic mass is 10.0. The Morgan fingerprint density at radius 1 is 0.889 bits per heavy atom. The van der Waals surface area contributed by atoms with E-state index in [9.17, 15) is 0 Å². The minimum absolute atomic E-state index is 0.351. The molecule has 0 saturated carbocycles. The van der Waals surface area contributed by atoms with Crippen LogP contribution in [-0.4, -0.2) is 60.3 Å². The zero-order valence-corrected chi connectivity index (χ0v) is 11.8. The number of rotatable bonds is 5. The molecule has 106 valence electrons. The van der Waals surface area contributed by atoms with Crippen LogP contribution in [0.25, 0.3) is 0 Å². The molecule has 0 aliphatic carbocycles. The van der Waals surface area contributed by atoms with Crippen molar-refractivity contribution in [1.82, 2.24) is 9.80 Å². The van der Waals surface area contributed by atoms with E-state index in [0.29, 0.717) is 6.61 Å². The van der Waals surface area contributed by atoms with Crippen molar-refractivity contribution in [2.24, 2.45) is 0 Å². The summed E-state index contributed by atoms with van der Waals surface area (Å²) in [5, 5.41) is 8.86. The predicted octanol–water partition coefficient (Wildman–Crippen LogP) is 2.10. The van der Waals surface area contributed by atoms with Crippen molar-refractivity contribution in [3.8, 4) is 0 Å². The molecular formula is C15H30N2O. The van der Waals surface area contributed by atoms with Gasteiger partial charge >= 0.3 is 0 Å². The third kappa shape index (κ3) is 4.52. The van der Waals surface area contributed by atoms with E-state index in [2.05, 4.69) is 9.80 Å². The Morgan fingerprint density at radius 3 is 2.39 bits per heavy atom. The standard InChI is InChI=1S/C15H30N2O/c18-13-6-5-9-16-10-7-8-15(14-16)17-11-3-1-2-4-12-17/h15,18H,1-14H2. The van der Waals surface area contributed by atoms with Crippen LogP contribution in [0.15, 0.2) is 0 Å². The van der Waals surface area contributed by atoms with Gasteiger partial charge in [0.2, 0.25) is 0 Å². The molecule has 18 heavy (non-hydrogen) atoms. The van der Waals surface area contributed by atoms with Crippen LogP contribution in [-0.2, 0) is 0 Å². The molecule has 0 aromatic carbocycles. The molecule has 0 spiro atoms. The van der Waals surface area contributed by atoms with E-state index in [1.807, 2.05) is 0 Å². The second-order valence-corrected chi connectivity index (χ2v) is 5.98. The topological polar surface area (TPSA) is 26.7 Å². The van der Waals surface area contributed by atoms with Crippen molar-refractivity contribution >= 4 is 0 Å². The Hall–Kier alpha value is -0.120. The highest BCUT2D eigenvalue weighted by Gasteiger charge is 2.25. The summed E-state index contributed by atoms with van der Waals surface area (Å²) in [6.45, 7) is 6.74. The molecule has 1 unspecified atom stereocenters. The molecule has 0 aromatic heterocycles. The quantitative estimate of drug-likeness (QED) is 0.761. The Morgan fingerprint density at radius 2 is 1.67 bits per heavy atom. The fourth-order valence-electron chi connectivity index (χ4n) is 3.44. The monoisotopic (exact) mass is 254 g/mol. The maximum atomic E-state index is 8.86. The van der Waals surface area contributed by atoms with Crippen molar-refractivity contribution in [1.29, 1.82) is 0 Å². The number of aliphatic hydroxyl groups is 1. The summed E-state index contributed by atoms with van der Waals surface area (Å²) in [7, 11) is 0. The first-order valence-corrected chi connectivity index (χ1v) is 7.97. The van der Waals surface area contributed by atoms with Crippen LogP contribution >= 0.6 is 0 Å². The zero-order valence-electron chi connectivity index (χ0n) is 11.8. The van der Waals surface area contributed by atoms with Crippen LogP contribution < -0.4 is 0 Å². The zero-order chi connectivity index (χ0) is 12.6. The van der Waals surface area contributed by atoms with Crippen LogP contribution in [0.5, 0.6) is 0 Å². The summed E-state index contributed by atoms with van der Waals surface area (Å²) >= 11 is 0. The van der Waals surface area contributed by atoms with Gasteiger partial charge in [0.25, 0.3) is 0 Å². The smallest absolute Gasteiger partial charge is 0.0431 e. The predicted molar refractivity (Wildman–Crippen MR) is 75.8 cm³/mol. The molecule has 1 N–H and O–H groups in total. The van der Waals surface area contributed by atoms with E-state index in [0.717, 1.165) is 18.9 Å². The maximum absolute atomic E-state index is 8.86. The summed E-state index contributed by atoms with van der Waals surface area (Å²) in [5.41, 5.74) is 0. The number of hydrogen-bond acceptors (Lipinski definition) is 3. The molecule has 2 heterocycles. The lowest BCUT2D eigenvalue weighted by molar-refractivity contribution is 0.0976. The number of hydrogen-bond donors (Lipinski definition) is 1. The third-order valence-electron chi connectivity index (χ3n) is 4.52. The first-order chi connectivity index (χ1) is 8.90. The molecule has 0 bridgehead atoms. The second-order valence-electron chi connectivity index (χ2n) is 5.98. The molecule has 0 aromatic rings. The Balaban J connectivity index is 1.74. The van der Waals surface area contributed by atoms with Crippen LogP contribution in [0.2, 0.25) is 0 Å². The van der Waals surface area contributed by atoms with E-state index in [1.165, 1.54) is 71.2 Å². The molecule has 0 radical (unpaired) electrons. The van der Waals surface area contributed by atoms with Gasteiger partial charge in [-0.3, -0.25) is 4.90 Å². The summed E-state index contributed by atoms with van der Waals surface area (Å²) in [6.07, 6.45) is 10.6. The lowest BCUT2D eigenvalue weighted by Gasteiger charge is -2.39. The molecule has 0 amide bonds. The molecule has 2 rings (SSSR count). The largest absolute Gasteiger partial charge is 0.396 e. The summed E-state index contributed by atoms with van der Waals surface area (Å²) in [5.74, 6) is 0. The number of nitrogens with zero attached hydrogens (tertiary/aromatic N) is 2. The average molecular weight is 254 g/mol. The fourth-order valence-corrected chi connectivity index (χ4v) is 3.44. The maximum Gasteiger partial charge on any atom is 0.0431 e. The highest BCUT2D eigenvalue weighted by Crippen LogP contribution is 2.20. The van der Waals surface area contributed by atoms with E-state index in [-0.39, 0.29) is 0 Å². The van der Waals surface area contributed by atoms with Gasteiger partial charge in [-0.15, -0.1) is 0 Å². The first-order valence-electron chi connectivity index (χ1n) is 7.97. The summed E-state index contributed by atoms with van der Waals surface area (Å²) in [4.78, 5) is 5.37. The summed E-state index contributed by atoms with van der Waals surface area (Å²) < 4.78 is 0. The molecule has 2 aliphatic rings. The van der Waals surface area contributed by atoms with Crippen molar-refractivity contribution in [3.63, 3.8) is 0 Å². The van der Waals surface area contributed by atoms with Gasteiger partial charge in [-0.1, -0.05) is 12.8 Å². The van der Waals surface area contributed by atoms with Crippen molar-refractivity contribution in [3.05, 3.63) is 0 Å². The van der Waals surface area contributed by atoms with Gasteiger partial charge in [-0.05, 0) is 64.7 Å². The number of unbranched alkanes of at least 4 members (excludes halogenated alkanes) is 1. The van der Waals surface area contributed by atoms with Gasteiger partial charge in [-0.25, -0.2) is 0 Å². The number of likely N-dealkylation sites (tertiary alicyclic amines) is 2. The Labute approximate surface area is 112 Å². The Bertz CT molecular complexity index is 215. The highest BCUT2D eigenvalue weighted by atomic mass is 16.2. The van der Waals surface area contributed by atoms with Gasteiger partial charge < -0.3 is 10.0 Å². The first kappa shape index (κ1) is 14.3. The molecule has 2 fully saturated rings. The van der Waals surface area contributed by atoms with Gasteiger partial charge in [0.15, 0.2) is 0 Å². The highest BCUT2D eigenvalue weighted by molar-refractivity contribution is 4.81. The summed E-state index contributed by atoms with van der Waals surface area (Å²) in [6, 6.07) is 0.811. The SMILES string of the molecule is OCCCCN1CCCC(N2CCCCCC2)C1. The van der Waals surface area contributed by atoms with Gasteiger partial charge in [0, 0.05) is 19.2 Å². The second kappa shape index (κ2) is 8.13.